The van der Waals surface area contributed by atoms with Crippen LogP contribution in [-0.2, 0) is 22.4 Å². The number of hydrogen-bond donors (Lipinski definition) is 1. The van der Waals surface area contributed by atoms with Gasteiger partial charge < -0.3 is 5.73 Å². The molecule has 0 heterocycles. The normalized spacial score (nSPS) is 15.2. The SMILES string of the molecule is Nc1ccc(S(=O)F)c(S(=O)F)c1. The van der Waals surface area contributed by atoms with E-state index in [2.05, 4.69) is 0 Å². The molecule has 0 saturated heterocycles. The van der Waals surface area contributed by atoms with Gasteiger partial charge in [0.15, 0.2) is 0 Å². The molecule has 1 aromatic carbocycles. The van der Waals surface area contributed by atoms with Crippen LogP contribution in [0.2, 0.25) is 0 Å². The van der Waals surface area contributed by atoms with Gasteiger partial charge in [0.2, 0.25) is 22.4 Å². The van der Waals surface area contributed by atoms with E-state index in [-0.39, 0.29) is 5.69 Å². The van der Waals surface area contributed by atoms with Crippen molar-refractivity contribution in [1.82, 2.24) is 0 Å². The molecule has 0 radical (unpaired) electrons. The first-order chi connectivity index (χ1) is 6.02. The number of benzene rings is 1. The molecule has 0 aliphatic heterocycles. The van der Waals surface area contributed by atoms with Crippen molar-refractivity contribution in [3.63, 3.8) is 0 Å². The largest absolute Gasteiger partial charge is 0.399 e. The Kier molecular flexibility index (Phi) is 3.10. The zero-order valence-electron chi connectivity index (χ0n) is 6.20. The number of anilines is 1. The maximum atomic E-state index is 12.4. The minimum Gasteiger partial charge on any atom is -0.399 e. The molecule has 7 heteroatoms. The summed E-state index contributed by atoms with van der Waals surface area (Å²) in [5, 5.41) is 0. The Morgan fingerprint density at radius 1 is 1.08 bits per heavy atom. The quantitative estimate of drug-likeness (QED) is 0.608. The molecular formula is C6H5F2NO2S2. The third-order valence-electron chi connectivity index (χ3n) is 1.31. The van der Waals surface area contributed by atoms with Crippen molar-refractivity contribution in [3.8, 4) is 0 Å². The van der Waals surface area contributed by atoms with E-state index in [9.17, 15) is 16.2 Å². The molecule has 3 nitrogen and oxygen atoms in total. The molecule has 0 spiro atoms. The summed E-state index contributed by atoms with van der Waals surface area (Å²) in [6, 6.07) is 3.28. The fourth-order valence-electron chi connectivity index (χ4n) is 0.783. The monoisotopic (exact) mass is 225 g/mol. The highest BCUT2D eigenvalue weighted by atomic mass is 32.2. The van der Waals surface area contributed by atoms with Crippen LogP contribution < -0.4 is 5.73 Å². The lowest BCUT2D eigenvalue weighted by atomic mass is 10.3. The third-order valence-corrected chi connectivity index (χ3v) is 2.83. The fraction of sp³-hybridized carbons (Fsp3) is 0. The standard InChI is InChI=1S/C6H5F2NO2S2/c7-12(10)5-2-1-4(9)3-6(5)13(8)11/h1-3H,9H2. The summed E-state index contributed by atoms with van der Waals surface area (Å²) in [7, 11) is 0. The van der Waals surface area contributed by atoms with Gasteiger partial charge >= 0.3 is 0 Å². The Morgan fingerprint density at radius 2 is 1.62 bits per heavy atom. The van der Waals surface area contributed by atoms with Gasteiger partial charge in [-0.2, -0.15) is 0 Å². The second-order valence-electron chi connectivity index (χ2n) is 2.15. The highest BCUT2D eigenvalue weighted by Gasteiger charge is 2.14. The molecule has 0 bridgehead atoms. The van der Waals surface area contributed by atoms with E-state index >= 15 is 0 Å². The summed E-state index contributed by atoms with van der Waals surface area (Å²) >= 11 is -5.74. The maximum Gasteiger partial charge on any atom is 0.232 e. The van der Waals surface area contributed by atoms with E-state index in [0.29, 0.717) is 0 Å². The van der Waals surface area contributed by atoms with Gasteiger partial charge in [-0.3, -0.25) is 0 Å². The van der Waals surface area contributed by atoms with Gasteiger partial charge in [-0.05, 0) is 18.2 Å². The van der Waals surface area contributed by atoms with Crippen LogP contribution in [0.3, 0.4) is 0 Å². The molecule has 0 amide bonds. The van der Waals surface area contributed by atoms with E-state index in [0.717, 1.165) is 12.1 Å². The smallest absolute Gasteiger partial charge is 0.232 e. The Labute approximate surface area is 78.4 Å². The van der Waals surface area contributed by atoms with E-state index in [4.69, 9.17) is 5.73 Å². The summed E-state index contributed by atoms with van der Waals surface area (Å²) in [5.41, 5.74) is 5.38. The molecule has 0 fully saturated rings. The van der Waals surface area contributed by atoms with Crippen LogP contribution in [0.25, 0.3) is 0 Å². The van der Waals surface area contributed by atoms with Crippen molar-refractivity contribution in [1.29, 1.82) is 0 Å². The molecule has 2 N–H and O–H groups in total. The number of halogens is 2. The molecule has 1 rings (SSSR count). The average molecular weight is 225 g/mol. The Bertz CT molecular complexity index is 383. The molecule has 0 saturated carbocycles. The lowest BCUT2D eigenvalue weighted by molar-refractivity contribution is 0.636. The van der Waals surface area contributed by atoms with Crippen LogP contribution in [0.1, 0.15) is 0 Å². The summed E-state index contributed by atoms with van der Waals surface area (Å²) in [4.78, 5) is -0.934. The molecule has 72 valence electrons. The van der Waals surface area contributed by atoms with Gasteiger partial charge in [0.05, 0.1) is 9.79 Å². The minimum absolute atomic E-state index is 0.134. The van der Waals surface area contributed by atoms with Gasteiger partial charge in [-0.25, -0.2) is 8.42 Å². The lowest BCUT2D eigenvalue weighted by Crippen LogP contribution is -1.95. The predicted octanol–water partition coefficient (Wildman–Crippen LogP) is 1.25. The van der Waals surface area contributed by atoms with E-state index in [1.54, 1.807) is 0 Å². The first-order valence-corrected chi connectivity index (χ1v) is 5.18. The van der Waals surface area contributed by atoms with Gasteiger partial charge in [0, 0.05) is 5.69 Å². The van der Waals surface area contributed by atoms with Crippen LogP contribution in [0.5, 0.6) is 0 Å². The zero-order valence-corrected chi connectivity index (χ0v) is 7.83. The predicted molar refractivity (Wildman–Crippen MR) is 45.9 cm³/mol. The van der Waals surface area contributed by atoms with Crippen molar-refractivity contribution >= 4 is 28.1 Å². The van der Waals surface area contributed by atoms with Crippen molar-refractivity contribution in [2.24, 2.45) is 0 Å². The van der Waals surface area contributed by atoms with Crippen LogP contribution in [0.15, 0.2) is 28.0 Å². The summed E-state index contributed by atoms with van der Waals surface area (Å²) in [5.74, 6) is 0. The Hall–Kier alpha value is -0.820. The lowest BCUT2D eigenvalue weighted by Gasteiger charge is -2.00. The number of hydrogen-bond acceptors (Lipinski definition) is 3. The molecule has 0 aliphatic carbocycles. The van der Waals surface area contributed by atoms with E-state index in [1.807, 2.05) is 0 Å². The second-order valence-corrected chi connectivity index (χ2v) is 3.93. The van der Waals surface area contributed by atoms with Crippen LogP contribution in [0, 0.1) is 0 Å². The topological polar surface area (TPSA) is 60.2 Å². The third kappa shape index (κ3) is 2.31. The van der Waals surface area contributed by atoms with Crippen molar-refractivity contribution in [2.45, 2.75) is 9.79 Å². The van der Waals surface area contributed by atoms with Crippen LogP contribution >= 0.6 is 0 Å². The zero-order chi connectivity index (χ0) is 10.0. The van der Waals surface area contributed by atoms with Crippen molar-refractivity contribution in [2.75, 3.05) is 5.73 Å². The highest BCUT2D eigenvalue weighted by Crippen LogP contribution is 2.22. The number of rotatable bonds is 2. The summed E-state index contributed by atoms with van der Waals surface area (Å²) < 4.78 is 45.5. The first-order valence-electron chi connectivity index (χ1n) is 3.08. The maximum absolute atomic E-state index is 12.4. The van der Waals surface area contributed by atoms with Crippen molar-refractivity contribution in [3.05, 3.63) is 18.2 Å². The minimum atomic E-state index is -2.88. The van der Waals surface area contributed by atoms with Gasteiger partial charge in [-0.15, -0.1) is 7.77 Å². The van der Waals surface area contributed by atoms with Gasteiger partial charge in [-0.1, -0.05) is 0 Å². The Balaban J connectivity index is 3.35. The Morgan fingerprint density at radius 3 is 2.08 bits per heavy atom. The second kappa shape index (κ2) is 3.93. The molecule has 2 atom stereocenters. The molecule has 0 aliphatic rings. The van der Waals surface area contributed by atoms with Crippen LogP contribution in [0.4, 0.5) is 13.5 Å². The molecule has 2 unspecified atom stereocenters. The van der Waals surface area contributed by atoms with Gasteiger partial charge in [0.25, 0.3) is 0 Å². The molecule has 13 heavy (non-hydrogen) atoms. The number of nitrogens with two attached hydrogens (primary N) is 1. The molecule has 0 aromatic heterocycles. The molecule has 1 aromatic rings. The highest BCUT2D eigenvalue weighted by molar-refractivity contribution is 7.83. The van der Waals surface area contributed by atoms with Gasteiger partial charge in [0.1, 0.15) is 0 Å². The van der Waals surface area contributed by atoms with Crippen molar-refractivity contribution < 1.29 is 16.2 Å². The number of nitrogen functional groups attached to an aromatic ring is 1. The summed E-state index contributed by atoms with van der Waals surface area (Å²) in [6.07, 6.45) is 0. The van der Waals surface area contributed by atoms with E-state index < -0.39 is 32.2 Å². The first kappa shape index (κ1) is 10.3. The van der Waals surface area contributed by atoms with Crippen LogP contribution in [-0.4, -0.2) is 8.42 Å². The van der Waals surface area contributed by atoms with E-state index in [1.165, 1.54) is 6.07 Å². The summed E-state index contributed by atoms with van der Waals surface area (Å²) in [6.45, 7) is 0. The average Bonchev–Trinajstić information content (AvgIpc) is 2.03. The fourth-order valence-corrected chi connectivity index (χ4v) is 2.02. The molecular weight excluding hydrogens is 220 g/mol.